The quantitative estimate of drug-likeness (QED) is 0.383. The minimum absolute atomic E-state index is 0.0496. The molecule has 178 valence electrons. The number of carbonyl (C=O) groups is 1. The highest BCUT2D eigenvalue weighted by molar-refractivity contribution is 7.97. The van der Waals surface area contributed by atoms with Crippen LogP contribution in [0.3, 0.4) is 0 Å². The third-order valence-electron chi connectivity index (χ3n) is 5.59. The number of methoxy groups -OCH3 is 1. The van der Waals surface area contributed by atoms with Gasteiger partial charge in [-0.3, -0.25) is 4.79 Å². The number of amides is 1. The van der Waals surface area contributed by atoms with Crippen LogP contribution in [0, 0.1) is 25.2 Å². The molecule has 0 radical (unpaired) electrons. The number of benzene rings is 2. The summed E-state index contributed by atoms with van der Waals surface area (Å²) in [6, 6.07) is 17.0. The van der Waals surface area contributed by atoms with Crippen molar-refractivity contribution in [1.82, 2.24) is 14.2 Å². The number of hydrogen-bond acceptors (Lipinski definition) is 5. The van der Waals surface area contributed by atoms with Gasteiger partial charge in [-0.2, -0.15) is 5.26 Å². The van der Waals surface area contributed by atoms with Crippen LogP contribution in [0.4, 0.5) is 0 Å². The largest absolute Gasteiger partial charge is 0.496 e. The Balaban J connectivity index is 1.79. The monoisotopic (exact) mass is 496 g/mol. The number of nitriles is 1. The van der Waals surface area contributed by atoms with E-state index in [2.05, 4.69) is 10.8 Å². The number of halogens is 1. The van der Waals surface area contributed by atoms with E-state index in [0.717, 1.165) is 27.3 Å². The first kappa shape index (κ1) is 25.7. The van der Waals surface area contributed by atoms with Gasteiger partial charge in [0.25, 0.3) is 0 Å². The van der Waals surface area contributed by atoms with Crippen molar-refractivity contribution in [2.24, 2.45) is 0 Å². The molecular formula is C26H29ClN4O2S. The van der Waals surface area contributed by atoms with Crippen molar-refractivity contribution in [1.29, 1.82) is 5.26 Å². The molecule has 6 nitrogen and oxygen atoms in total. The van der Waals surface area contributed by atoms with Crippen LogP contribution in [0.2, 0.25) is 5.02 Å². The van der Waals surface area contributed by atoms with Gasteiger partial charge in [-0.05, 0) is 62.0 Å². The van der Waals surface area contributed by atoms with Crippen LogP contribution in [0.5, 0.6) is 5.75 Å². The lowest BCUT2D eigenvalue weighted by Gasteiger charge is -2.26. The Hall–Kier alpha value is -2.92. The van der Waals surface area contributed by atoms with E-state index in [9.17, 15) is 10.1 Å². The van der Waals surface area contributed by atoms with Crippen molar-refractivity contribution in [3.63, 3.8) is 0 Å². The molecule has 0 bridgehead atoms. The minimum Gasteiger partial charge on any atom is -0.496 e. The highest BCUT2D eigenvalue weighted by Gasteiger charge is 2.24. The summed E-state index contributed by atoms with van der Waals surface area (Å²) >= 11 is 7.76. The summed E-state index contributed by atoms with van der Waals surface area (Å²) in [4.78, 5) is 16.1. The molecule has 1 N–H and O–H groups in total. The number of aromatic nitrogens is 1. The van der Waals surface area contributed by atoms with E-state index in [-0.39, 0.29) is 5.91 Å². The summed E-state index contributed by atoms with van der Waals surface area (Å²) in [6.45, 7) is 4.96. The third-order valence-corrected chi connectivity index (χ3v) is 7.16. The fourth-order valence-electron chi connectivity index (χ4n) is 3.72. The Morgan fingerprint density at radius 1 is 1.26 bits per heavy atom. The molecule has 0 aliphatic carbocycles. The number of rotatable bonds is 10. The molecule has 8 heteroatoms. The summed E-state index contributed by atoms with van der Waals surface area (Å²) in [5, 5.41) is 9.96. The summed E-state index contributed by atoms with van der Waals surface area (Å²) in [5.74, 6) is 0.702. The van der Waals surface area contributed by atoms with Gasteiger partial charge < -0.3 is 14.2 Å². The molecule has 0 aliphatic rings. The van der Waals surface area contributed by atoms with E-state index < -0.39 is 6.04 Å². The van der Waals surface area contributed by atoms with E-state index in [1.807, 2.05) is 67.1 Å². The summed E-state index contributed by atoms with van der Waals surface area (Å²) in [7, 11) is 3.42. The zero-order valence-corrected chi connectivity index (χ0v) is 21.4. The zero-order chi connectivity index (χ0) is 24.7. The molecule has 3 rings (SSSR count). The van der Waals surface area contributed by atoms with E-state index in [4.69, 9.17) is 16.3 Å². The van der Waals surface area contributed by atoms with Crippen LogP contribution in [-0.4, -0.2) is 35.6 Å². The van der Waals surface area contributed by atoms with Crippen LogP contribution in [0.25, 0.3) is 0 Å². The molecule has 1 amide bonds. The first-order valence-electron chi connectivity index (χ1n) is 10.9. The fraction of sp³-hybridized carbons (Fsp3) is 0.308. The fourth-order valence-corrected chi connectivity index (χ4v) is 4.93. The number of nitrogens with zero attached hydrogens (tertiary/aromatic N) is 3. The Morgan fingerprint density at radius 3 is 2.76 bits per heavy atom. The molecule has 1 heterocycles. The topological polar surface area (TPSA) is 70.3 Å². The van der Waals surface area contributed by atoms with Gasteiger partial charge in [0.05, 0.1) is 18.2 Å². The van der Waals surface area contributed by atoms with Crippen LogP contribution < -0.4 is 9.46 Å². The standard InChI is InChI=1S/C26H29ClN4O2S/c1-18-10-11-24(33-4)20(15-18)17-30(3)26(32)23(12-14-31-13-6-8-21(31)16-28)29-34-25-19(2)7-5-9-22(25)27/h5-11,13,15,23,29H,12,14,17H2,1-4H3. The third kappa shape index (κ3) is 6.35. The SMILES string of the molecule is COc1ccc(C)cc1CN(C)C(=O)C(CCn1cccc1C#N)NSc1c(C)cccc1Cl. The molecule has 3 aromatic rings. The molecule has 1 aromatic heterocycles. The van der Waals surface area contributed by atoms with Crippen molar-refractivity contribution in [3.05, 3.63) is 82.1 Å². The normalized spacial score (nSPS) is 11.6. The smallest absolute Gasteiger partial charge is 0.240 e. The van der Waals surface area contributed by atoms with Gasteiger partial charge in [0.15, 0.2) is 0 Å². The Labute approximate surface area is 210 Å². The lowest BCUT2D eigenvalue weighted by molar-refractivity contribution is -0.132. The first-order chi connectivity index (χ1) is 16.3. The summed E-state index contributed by atoms with van der Waals surface area (Å²) in [6.07, 6.45) is 2.36. The lowest BCUT2D eigenvalue weighted by Crippen LogP contribution is -2.43. The average molecular weight is 497 g/mol. The maximum atomic E-state index is 13.5. The molecule has 0 aliphatic heterocycles. The number of likely N-dealkylation sites (N-methyl/N-ethyl adjacent to an activating group) is 1. The van der Waals surface area contributed by atoms with Crippen molar-refractivity contribution in [2.45, 2.75) is 44.3 Å². The summed E-state index contributed by atoms with van der Waals surface area (Å²) < 4.78 is 10.7. The second-order valence-electron chi connectivity index (χ2n) is 8.16. The van der Waals surface area contributed by atoms with Gasteiger partial charge in [0.1, 0.15) is 17.5 Å². The average Bonchev–Trinajstić information content (AvgIpc) is 3.28. The molecule has 1 atom stereocenters. The predicted octanol–water partition coefficient (Wildman–Crippen LogP) is 5.35. The van der Waals surface area contributed by atoms with Gasteiger partial charge >= 0.3 is 0 Å². The van der Waals surface area contributed by atoms with Crippen molar-refractivity contribution in [3.8, 4) is 11.8 Å². The Kier molecular flexibility index (Phi) is 9.05. The van der Waals surface area contributed by atoms with E-state index in [0.29, 0.717) is 30.2 Å². The lowest BCUT2D eigenvalue weighted by atomic mass is 10.1. The van der Waals surface area contributed by atoms with Crippen molar-refractivity contribution in [2.75, 3.05) is 14.2 Å². The van der Waals surface area contributed by atoms with Gasteiger partial charge in [-0.15, -0.1) is 0 Å². The van der Waals surface area contributed by atoms with Crippen LogP contribution in [-0.2, 0) is 17.9 Å². The zero-order valence-electron chi connectivity index (χ0n) is 19.8. The van der Waals surface area contributed by atoms with Crippen LogP contribution >= 0.6 is 23.5 Å². The van der Waals surface area contributed by atoms with Gasteiger partial charge in [-0.1, -0.05) is 41.4 Å². The second-order valence-corrected chi connectivity index (χ2v) is 9.41. The van der Waals surface area contributed by atoms with Crippen molar-refractivity contribution >= 4 is 29.5 Å². The number of aryl methyl sites for hydroxylation is 3. The van der Waals surface area contributed by atoms with Gasteiger partial charge in [0, 0.05) is 36.8 Å². The minimum atomic E-state index is -0.490. The van der Waals surface area contributed by atoms with Gasteiger partial charge in [-0.25, -0.2) is 4.72 Å². The van der Waals surface area contributed by atoms with E-state index >= 15 is 0 Å². The van der Waals surface area contributed by atoms with Crippen LogP contribution in [0.15, 0.2) is 59.6 Å². The Morgan fingerprint density at radius 2 is 2.06 bits per heavy atom. The number of nitrogens with one attached hydrogen (secondary N) is 1. The first-order valence-corrected chi connectivity index (χ1v) is 12.1. The van der Waals surface area contributed by atoms with E-state index in [1.165, 1.54) is 11.9 Å². The summed E-state index contributed by atoms with van der Waals surface area (Å²) in [5.41, 5.74) is 3.65. The molecule has 0 saturated carbocycles. The number of ether oxygens (including phenoxy) is 1. The van der Waals surface area contributed by atoms with Crippen molar-refractivity contribution < 1.29 is 9.53 Å². The predicted molar refractivity (Wildman–Crippen MR) is 137 cm³/mol. The van der Waals surface area contributed by atoms with Crippen LogP contribution in [0.1, 0.15) is 28.8 Å². The molecular weight excluding hydrogens is 468 g/mol. The second kappa shape index (κ2) is 12.0. The van der Waals surface area contributed by atoms with E-state index in [1.54, 1.807) is 25.1 Å². The molecule has 2 aromatic carbocycles. The molecule has 0 fully saturated rings. The maximum Gasteiger partial charge on any atom is 0.240 e. The van der Waals surface area contributed by atoms with Gasteiger partial charge in [0.2, 0.25) is 5.91 Å². The molecule has 34 heavy (non-hydrogen) atoms. The molecule has 0 saturated heterocycles. The highest BCUT2D eigenvalue weighted by Crippen LogP contribution is 2.29. The molecule has 0 spiro atoms. The molecule has 1 unspecified atom stereocenters. The number of carbonyl (C=O) groups excluding carboxylic acids is 1. The Bertz CT molecular complexity index is 1170. The maximum absolute atomic E-state index is 13.5. The number of hydrogen-bond donors (Lipinski definition) is 1. The highest BCUT2D eigenvalue weighted by atomic mass is 35.5.